The molecule has 3 heteroatoms. The fourth-order valence-electron chi connectivity index (χ4n) is 2.52. The molecule has 106 valence electrons. The molecule has 0 saturated carbocycles. The number of nitrogens with two attached hydrogens (primary N) is 1. The molecule has 0 aliphatic rings. The molecule has 2 rings (SSSR count). The summed E-state index contributed by atoms with van der Waals surface area (Å²) in [6, 6.07) is 10.4. The second-order valence-corrected chi connectivity index (χ2v) is 5.35. The van der Waals surface area contributed by atoms with E-state index in [0.29, 0.717) is 0 Å². The van der Waals surface area contributed by atoms with Crippen molar-refractivity contribution in [1.82, 2.24) is 0 Å². The van der Waals surface area contributed by atoms with E-state index in [2.05, 4.69) is 0 Å². The third-order valence-corrected chi connectivity index (χ3v) is 3.75. The molecule has 20 heavy (non-hydrogen) atoms. The lowest BCUT2D eigenvalue weighted by Crippen LogP contribution is -2.35. The lowest BCUT2D eigenvalue weighted by atomic mass is 9.82. The highest BCUT2D eigenvalue weighted by Crippen LogP contribution is 2.33. The Labute approximate surface area is 119 Å². The highest BCUT2D eigenvalue weighted by atomic mass is 19.1. The van der Waals surface area contributed by atoms with E-state index >= 15 is 0 Å². The first-order chi connectivity index (χ1) is 9.36. The van der Waals surface area contributed by atoms with Gasteiger partial charge in [0.2, 0.25) is 0 Å². The van der Waals surface area contributed by atoms with Crippen LogP contribution in [0.15, 0.2) is 36.4 Å². The molecule has 0 spiro atoms. The SMILES string of the molecule is COc1cc(C)c(C(C)(N)c2ccc(F)cc2)cc1C. The Morgan fingerprint density at radius 1 is 1.05 bits per heavy atom. The highest BCUT2D eigenvalue weighted by Gasteiger charge is 2.26. The Morgan fingerprint density at radius 3 is 2.20 bits per heavy atom. The lowest BCUT2D eigenvalue weighted by Gasteiger charge is -2.28. The van der Waals surface area contributed by atoms with E-state index in [4.69, 9.17) is 10.5 Å². The summed E-state index contributed by atoms with van der Waals surface area (Å²) in [6.07, 6.45) is 0. The summed E-state index contributed by atoms with van der Waals surface area (Å²) in [7, 11) is 1.66. The van der Waals surface area contributed by atoms with Crippen LogP contribution >= 0.6 is 0 Å². The van der Waals surface area contributed by atoms with E-state index in [0.717, 1.165) is 28.0 Å². The summed E-state index contributed by atoms with van der Waals surface area (Å²) < 4.78 is 18.4. The monoisotopic (exact) mass is 273 g/mol. The predicted octanol–water partition coefficient (Wildman–Crippen LogP) is 3.67. The molecule has 0 saturated heterocycles. The van der Waals surface area contributed by atoms with E-state index in [1.807, 2.05) is 32.9 Å². The number of hydrogen-bond acceptors (Lipinski definition) is 2. The summed E-state index contributed by atoms with van der Waals surface area (Å²) in [5.41, 5.74) is 9.82. The van der Waals surface area contributed by atoms with Gasteiger partial charge in [-0.15, -0.1) is 0 Å². The van der Waals surface area contributed by atoms with Gasteiger partial charge in [-0.25, -0.2) is 4.39 Å². The fourth-order valence-corrected chi connectivity index (χ4v) is 2.52. The summed E-state index contributed by atoms with van der Waals surface area (Å²) in [6.45, 7) is 5.93. The standard InChI is InChI=1S/C17H20FNO/c1-11-10-16(20-4)12(2)9-15(11)17(3,19)13-5-7-14(18)8-6-13/h5-10H,19H2,1-4H3. The number of aryl methyl sites for hydroxylation is 2. The van der Waals surface area contributed by atoms with Crippen LogP contribution in [0.3, 0.4) is 0 Å². The number of ether oxygens (including phenoxy) is 1. The smallest absolute Gasteiger partial charge is 0.123 e. The van der Waals surface area contributed by atoms with Gasteiger partial charge in [-0.1, -0.05) is 12.1 Å². The van der Waals surface area contributed by atoms with Crippen molar-refractivity contribution < 1.29 is 9.13 Å². The van der Waals surface area contributed by atoms with Crippen LogP contribution in [0.4, 0.5) is 4.39 Å². The van der Waals surface area contributed by atoms with Crippen LogP contribution < -0.4 is 10.5 Å². The van der Waals surface area contributed by atoms with Crippen LogP contribution in [0.25, 0.3) is 0 Å². The first-order valence-electron chi connectivity index (χ1n) is 6.57. The van der Waals surface area contributed by atoms with Gasteiger partial charge in [0.15, 0.2) is 0 Å². The zero-order chi connectivity index (χ0) is 14.9. The van der Waals surface area contributed by atoms with E-state index < -0.39 is 5.54 Å². The Balaban J connectivity index is 2.54. The molecule has 2 aromatic carbocycles. The van der Waals surface area contributed by atoms with Gasteiger partial charge in [-0.2, -0.15) is 0 Å². The molecule has 1 unspecified atom stereocenters. The Hall–Kier alpha value is -1.87. The molecule has 0 heterocycles. The van der Waals surface area contributed by atoms with Gasteiger partial charge in [0, 0.05) is 0 Å². The summed E-state index contributed by atoms with van der Waals surface area (Å²) in [4.78, 5) is 0. The Bertz CT molecular complexity index is 618. The van der Waals surface area contributed by atoms with Crippen molar-refractivity contribution in [3.63, 3.8) is 0 Å². The zero-order valence-corrected chi connectivity index (χ0v) is 12.3. The molecule has 0 radical (unpaired) electrons. The van der Waals surface area contributed by atoms with Crippen LogP contribution in [0.1, 0.15) is 29.2 Å². The largest absolute Gasteiger partial charge is 0.496 e. The van der Waals surface area contributed by atoms with Crippen LogP contribution in [0, 0.1) is 19.7 Å². The van der Waals surface area contributed by atoms with E-state index in [1.165, 1.54) is 12.1 Å². The van der Waals surface area contributed by atoms with Gasteiger partial charge in [-0.3, -0.25) is 0 Å². The number of rotatable bonds is 3. The molecular weight excluding hydrogens is 253 g/mol. The van der Waals surface area contributed by atoms with Crippen LogP contribution in [0.5, 0.6) is 5.75 Å². The van der Waals surface area contributed by atoms with E-state index in [9.17, 15) is 4.39 Å². The van der Waals surface area contributed by atoms with E-state index in [1.54, 1.807) is 19.2 Å². The molecule has 2 nitrogen and oxygen atoms in total. The predicted molar refractivity (Wildman–Crippen MR) is 79.5 cm³/mol. The second kappa shape index (κ2) is 5.25. The first kappa shape index (κ1) is 14.5. The van der Waals surface area contributed by atoms with Gasteiger partial charge < -0.3 is 10.5 Å². The minimum atomic E-state index is -0.672. The minimum absolute atomic E-state index is 0.257. The average Bonchev–Trinajstić information content (AvgIpc) is 2.41. The van der Waals surface area contributed by atoms with Crippen molar-refractivity contribution in [3.05, 3.63) is 64.5 Å². The Morgan fingerprint density at radius 2 is 1.65 bits per heavy atom. The molecule has 0 aliphatic carbocycles. The quantitative estimate of drug-likeness (QED) is 0.926. The van der Waals surface area contributed by atoms with Crippen molar-refractivity contribution in [2.24, 2.45) is 5.73 Å². The molecule has 0 amide bonds. The van der Waals surface area contributed by atoms with Crippen molar-refractivity contribution in [3.8, 4) is 5.75 Å². The molecule has 2 aromatic rings. The summed E-state index contributed by atoms with van der Waals surface area (Å²) >= 11 is 0. The molecule has 0 aromatic heterocycles. The summed E-state index contributed by atoms with van der Waals surface area (Å²) in [5, 5.41) is 0. The van der Waals surface area contributed by atoms with Gasteiger partial charge in [0.05, 0.1) is 12.6 Å². The van der Waals surface area contributed by atoms with Crippen LogP contribution in [-0.2, 0) is 5.54 Å². The molecule has 1 atom stereocenters. The maximum absolute atomic E-state index is 13.1. The molecular formula is C17H20FNO. The highest BCUT2D eigenvalue weighted by molar-refractivity contribution is 5.48. The molecule has 0 bridgehead atoms. The van der Waals surface area contributed by atoms with Crippen molar-refractivity contribution >= 4 is 0 Å². The van der Waals surface area contributed by atoms with Crippen LogP contribution in [0.2, 0.25) is 0 Å². The van der Waals surface area contributed by atoms with Gasteiger partial charge in [0.25, 0.3) is 0 Å². The number of methoxy groups -OCH3 is 1. The number of halogens is 1. The van der Waals surface area contributed by atoms with Gasteiger partial charge in [-0.05, 0) is 67.3 Å². The van der Waals surface area contributed by atoms with E-state index in [-0.39, 0.29) is 5.82 Å². The zero-order valence-electron chi connectivity index (χ0n) is 12.3. The average molecular weight is 273 g/mol. The molecule has 0 aliphatic heterocycles. The van der Waals surface area contributed by atoms with Crippen LogP contribution in [-0.4, -0.2) is 7.11 Å². The van der Waals surface area contributed by atoms with Gasteiger partial charge in [0.1, 0.15) is 11.6 Å². The summed E-state index contributed by atoms with van der Waals surface area (Å²) in [5.74, 6) is 0.591. The normalized spacial score (nSPS) is 13.9. The molecule has 2 N–H and O–H groups in total. The Kier molecular flexibility index (Phi) is 3.82. The minimum Gasteiger partial charge on any atom is -0.496 e. The number of benzene rings is 2. The third kappa shape index (κ3) is 2.54. The number of hydrogen-bond donors (Lipinski definition) is 1. The third-order valence-electron chi connectivity index (χ3n) is 3.75. The fraction of sp³-hybridized carbons (Fsp3) is 0.294. The maximum atomic E-state index is 13.1. The van der Waals surface area contributed by atoms with Gasteiger partial charge >= 0.3 is 0 Å². The maximum Gasteiger partial charge on any atom is 0.123 e. The molecule has 0 fully saturated rings. The van der Waals surface area contributed by atoms with Crippen molar-refractivity contribution in [1.29, 1.82) is 0 Å². The lowest BCUT2D eigenvalue weighted by molar-refractivity contribution is 0.410. The van der Waals surface area contributed by atoms with Crippen molar-refractivity contribution in [2.75, 3.05) is 7.11 Å². The topological polar surface area (TPSA) is 35.2 Å². The van der Waals surface area contributed by atoms with Crippen molar-refractivity contribution in [2.45, 2.75) is 26.3 Å². The second-order valence-electron chi connectivity index (χ2n) is 5.35. The first-order valence-corrected chi connectivity index (χ1v) is 6.57.